The van der Waals surface area contributed by atoms with Gasteiger partial charge in [-0.1, -0.05) is 60.7 Å². The van der Waals surface area contributed by atoms with Gasteiger partial charge in [0.25, 0.3) is 0 Å². The Morgan fingerprint density at radius 3 is 2.30 bits per heavy atom. The van der Waals surface area contributed by atoms with E-state index in [-0.39, 0.29) is 6.61 Å². The monoisotopic (exact) mass is 585 g/mol. The molecule has 1 aliphatic heterocycles. The lowest BCUT2D eigenvalue weighted by atomic mass is 9.69. The van der Waals surface area contributed by atoms with Gasteiger partial charge in [-0.05, 0) is 75.4 Å². The number of nitrogens with zero attached hydrogens (tertiary/aromatic N) is 4. The summed E-state index contributed by atoms with van der Waals surface area (Å²) in [7, 11) is 0. The van der Waals surface area contributed by atoms with Crippen molar-refractivity contribution in [2.45, 2.75) is 57.7 Å². The predicted octanol–water partition coefficient (Wildman–Crippen LogP) is 7.98. The van der Waals surface area contributed by atoms with E-state index in [2.05, 4.69) is 40.2 Å². The van der Waals surface area contributed by atoms with Gasteiger partial charge in [0.2, 0.25) is 0 Å². The molecule has 0 atom stereocenters. The zero-order valence-corrected chi connectivity index (χ0v) is 25.1. The van der Waals surface area contributed by atoms with Crippen molar-refractivity contribution < 1.29 is 15.0 Å². The molecule has 8 heteroatoms. The minimum Gasteiger partial charge on any atom is -0.465 e. The largest absolute Gasteiger partial charge is 0.465 e. The number of aliphatic hydroxyl groups is 1. The average Bonchev–Trinajstić information content (AvgIpc) is 3.33. The summed E-state index contributed by atoms with van der Waals surface area (Å²) in [5.74, 6) is 1.52. The molecular weight excluding hydrogens is 550 g/mol. The number of benzene rings is 3. The van der Waals surface area contributed by atoms with Crippen LogP contribution in [0.3, 0.4) is 0 Å². The van der Waals surface area contributed by atoms with Gasteiger partial charge in [0.1, 0.15) is 5.82 Å². The van der Waals surface area contributed by atoms with Crippen LogP contribution in [0.4, 0.5) is 16.3 Å². The molecular formula is C36H35N5O3. The molecule has 1 aliphatic carbocycles. The van der Waals surface area contributed by atoms with Crippen LogP contribution in [-0.4, -0.2) is 41.3 Å². The fraction of sp³-hybridized carbons (Fsp3) is 0.250. The molecule has 1 saturated carbocycles. The van der Waals surface area contributed by atoms with E-state index in [1.807, 2.05) is 75.4 Å². The number of hydrogen-bond acceptors (Lipinski definition) is 5. The van der Waals surface area contributed by atoms with Gasteiger partial charge >= 0.3 is 6.09 Å². The SMILES string of the molecule is CC(C)(C)N(C(=O)O)C1(c2ccc(-c3c(-c4ccc(CO)cc4)nc4n3-c3cccnc3Nc3ccccc3-4)cc2)CCC1. The first-order valence-electron chi connectivity index (χ1n) is 15.0. The normalized spacial score (nSPS) is 14.7. The minimum atomic E-state index is -0.897. The molecule has 8 nitrogen and oxygen atoms in total. The quantitative estimate of drug-likeness (QED) is 0.190. The van der Waals surface area contributed by atoms with Crippen LogP contribution >= 0.6 is 0 Å². The molecule has 0 bridgehead atoms. The maximum Gasteiger partial charge on any atom is 0.408 e. The van der Waals surface area contributed by atoms with Crippen LogP contribution in [-0.2, 0) is 12.1 Å². The van der Waals surface area contributed by atoms with Crippen molar-refractivity contribution in [3.05, 3.63) is 102 Å². The zero-order chi connectivity index (χ0) is 30.6. The summed E-state index contributed by atoms with van der Waals surface area (Å²) in [6.45, 7) is 5.85. The van der Waals surface area contributed by atoms with Gasteiger partial charge in [-0.2, -0.15) is 0 Å². The Morgan fingerprint density at radius 2 is 1.66 bits per heavy atom. The molecule has 0 spiro atoms. The fourth-order valence-electron chi connectivity index (χ4n) is 6.86. The van der Waals surface area contributed by atoms with Crippen molar-refractivity contribution in [3.8, 4) is 39.6 Å². The first-order valence-corrected chi connectivity index (χ1v) is 15.0. The molecule has 0 radical (unpaired) electrons. The summed E-state index contributed by atoms with van der Waals surface area (Å²) in [6.07, 6.45) is 3.46. The van der Waals surface area contributed by atoms with E-state index < -0.39 is 17.2 Å². The molecule has 3 N–H and O–H groups in total. The summed E-state index contributed by atoms with van der Waals surface area (Å²) in [4.78, 5) is 24.2. The Balaban J connectivity index is 1.46. The van der Waals surface area contributed by atoms with E-state index in [1.54, 1.807) is 11.1 Å². The molecule has 5 aromatic rings. The Kier molecular flexibility index (Phi) is 6.55. The molecule has 1 amide bonds. The number of para-hydroxylation sites is 1. The van der Waals surface area contributed by atoms with Gasteiger partial charge in [-0.15, -0.1) is 0 Å². The highest BCUT2D eigenvalue weighted by Crippen LogP contribution is 2.50. The summed E-state index contributed by atoms with van der Waals surface area (Å²) in [5, 5.41) is 23.5. The Morgan fingerprint density at radius 1 is 0.955 bits per heavy atom. The third kappa shape index (κ3) is 4.36. The number of pyridine rings is 1. The van der Waals surface area contributed by atoms with Crippen LogP contribution in [0.2, 0.25) is 0 Å². The van der Waals surface area contributed by atoms with E-state index in [0.717, 1.165) is 81.5 Å². The van der Waals surface area contributed by atoms with Crippen LogP contribution in [0, 0.1) is 0 Å². The molecule has 2 aliphatic rings. The van der Waals surface area contributed by atoms with Crippen LogP contribution < -0.4 is 5.32 Å². The number of aromatic nitrogens is 3. The van der Waals surface area contributed by atoms with E-state index in [9.17, 15) is 15.0 Å². The molecule has 3 aromatic carbocycles. The van der Waals surface area contributed by atoms with E-state index in [0.29, 0.717) is 0 Å². The van der Waals surface area contributed by atoms with Crippen molar-refractivity contribution in [2.24, 2.45) is 0 Å². The molecule has 3 heterocycles. The number of fused-ring (bicyclic) bond motifs is 5. The smallest absolute Gasteiger partial charge is 0.408 e. The number of aliphatic hydroxyl groups excluding tert-OH is 1. The van der Waals surface area contributed by atoms with Crippen molar-refractivity contribution in [1.29, 1.82) is 0 Å². The van der Waals surface area contributed by atoms with Crippen molar-refractivity contribution in [1.82, 2.24) is 19.4 Å². The fourth-order valence-corrected chi connectivity index (χ4v) is 6.86. The topological polar surface area (TPSA) is 104 Å². The van der Waals surface area contributed by atoms with Crippen LogP contribution in [0.15, 0.2) is 91.1 Å². The van der Waals surface area contributed by atoms with Crippen molar-refractivity contribution in [3.63, 3.8) is 0 Å². The van der Waals surface area contributed by atoms with Crippen LogP contribution in [0.1, 0.15) is 51.2 Å². The van der Waals surface area contributed by atoms with Gasteiger partial charge in [0.15, 0.2) is 5.82 Å². The first kappa shape index (κ1) is 27.9. The van der Waals surface area contributed by atoms with E-state index in [4.69, 9.17) is 9.97 Å². The summed E-state index contributed by atoms with van der Waals surface area (Å²) in [6, 6.07) is 28.3. The lowest BCUT2D eigenvalue weighted by molar-refractivity contribution is -0.0328. The maximum atomic E-state index is 12.6. The summed E-state index contributed by atoms with van der Waals surface area (Å²) >= 11 is 0. The van der Waals surface area contributed by atoms with Gasteiger partial charge in [-0.3, -0.25) is 9.47 Å². The van der Waals surface area contributed by atoms with E-state index in [1.165, 1.54) is 0 Å². The van der Waals surface area contributed by atoms with Gasteiger partial charge in [-0.25, -0.2) is 14.8 Å². The highest BCUT2D eigenvalue weighted by atomic mass is 16.4. The lowest BCUT2D eigenvalue weighted by Gasteiger charge is -2.54. The maximum absolute atomic E-state index is 12.6. The number of amides is 1. The number of hydrogen-bond donors (Lipinski definition) is 3. The molecule has 0 saturated heterocycles. The highest BCUT2D eigenvalue weighted by Gasteiger charge is 2.50. The predicted molar refractivity (Wildman–Crippen MR) is 172 cm³/mol. The van der Waals surface area contributed by atoms with Crippen LogP contribution in [0.5, 0.6) is 0 Å². The Hall–Kier alpha value is -4.95. The number of imidazole rings is 1. The standard InChI is InChI=1S/C36H35N5O3/c1-35(2,3)41(34(43)44)36(19-7-20-36)26-17-15-25(16-18-26)31-30(24-13-11-23(22-42)12-14-24)39-33-27-8-4-5-9-28(27)38-32-29(40(31)33)10-6-21-37-32/h4-6,8-18,21,42H,7,19-20,22H2,1-3H3,(H,37,38)(H,43,44). The summed E-state index contributed by atoms with van der Waals surface area (Å²) < 4.78 is 2.17. The molecule has 222 valence electrons. The average molecular weight is 586 g/mol. The molecule has 7 rings (SSSR count). The number of nitrogens with one attached hydrogen (secondary N) is 1. The number of rotatable bonds is 5. The third-order valence-corrected chi connectivity index (χ3v) is 8.90. The summed E-state index contributed by atoms with van der Waals surface area (Å²) in [5.41, 5.74) is 7.09. The highest BCUT2D eigenvalue weighted by molar-refractivity contribution is 5.91. The van der Waals surface area contributed by atoms with Gasteiger partial charge < -0.3 is 15.5 Å². The Bertz CT molecular complexity index is 1870. The second-order valence-corrected chi connectivity index (χ2v) is 12.6. The van der Waals surface area contributed by atoms with Gasteiger partial charge in [0, 0.05) is 28.4 Å². The van der Waals surface area contributed by atoms with E-state index >= 15 is 0 Å². The van der Waals surface area contributed by atoms with Crippen molar-refractivity contribution in [2.75, 3.05) is 5.32 Å². The number of anilines is 2. The first-order chi connectivity index (χ1) is 21.2. The molecule has 1 fully saturated rings. The third-order valence-electron chi connectivity index (χ3n) is 8.90. The number of carbonyl (C=O) groups is 1. The Labute approximate surface area is 256 Å². The van der Waals surface area contributed by atoms with Crippen LogP contribution in [0.25, 0.3) is 39.6 Å². The molecule has 2 aromatic heterocycles. The minimum absolute atomic E-state index is 0.0317. The molecule has 0 unspecified atom stereocenters. The number of carboxylic acid groups (broad SMARTS) is 1. The second-order valence-electron chi connectivity index (χ2n) is 12.6. The lowest BCUT2D eigenvalue weighted by Crippen LogP contribution is -2.60. The zero-order valence-electron chi connectivity index (χ0n) is 25.1. The molecule has 44 heavy (non-hydrogen) atoms. The van der Waals surface area contributed by atoms with Crippen molar-refractivity contribution >= 4 is 17.6 Å². The van der Waals surface area contributed by atoms with Gasteiger partial charge in [0.05, 0.1) is 34.9 Å². The second kappa shape index (κ2) is 10.3.